The molecule has 0 saturated heterocycles. The van der Waals surface area contributed by atoms with E-state index in [0.717, 1.165) is 0 Å². The molecule has 1 rings (SSSR count). The van der Waals surface area contributed by atoms with Gasteiger partial charge in [0.05, 0.1) is 7.11 Å². The number of carbonyl (C=O) groups is 2. The molecule has 16 heavy (non-hydrogen) atoms. The normalized spacial score (nSPS) is 20.2. The Kier molecular flexibility index (Phi) is 3.67. The van der Waals surface area contributed by atoms with Gasteiger partial charge in [-0.05, 0) is 20.8 Å². The molecular formula is C11H18NO4+. The van der Waals surface area contributed by atoms with Crippen LogP contribution in [0.2, 0.25) is 0 Å². The third kappa shape index (κ3) is 3.05. The molecule has 5 nitrogen and oxygen atoms in total. The molecule has 1 aliphatic rings. The summed E-state index contributed by atoms with van der Waals surface area (Å²) in [5.74, 6) is -0.403. The average molecular weight is 228 g/mol. The van der Waals surface area contributed by atoms with Gasteiger partial charge in [-0.2, -0.15) is 4.79 Å². The molecule has 5 heteroatoms. The zero-order valence-electron chi connectivity index (χ0n) is 10.1. The van der Waals surface area contributed by atoms with Crippen molar-refractivity contribution in [3.8, 4) is 0 Å². The standard InChI is InChI=1S/C11H18NO4/c1-11(2,3)16-10(14)12-7-5-6-8(12)9(13)15-4/h7-8H,5-6H2,1-4H3/q+1/t8-/m0/s1. The predicted molar refractivity (Wildman–Crippen MR) is 57.6 cm³/mol. The van der Waals surface area contributed by atoms with Crippen LogP contribution in [0.3, 0.4) is 0 Å². The van der Waals surface area contributed by atoms with Crippen molar-refractivity contribution in [1.29, 1.82) is 0 Å². The van der Waals surface area contributed by atoms with Gasteiger partial charge in [0, 0.05) is 12.8 Å². The lowest BCUT2D eigenvalue weighted by Gasteiger charge is -2.17. The van der Waals surface area contributed by atoms with Crippen molar-refractivity contribution in [2.75, 3.05) is 7.11 Å². The number of ether oxygens (including phenoxy) is 2. The van der Waals surface area contributed by atoms with E-state index < -0.39 is 23.7 Å². The van der Waals surface area contributed by atoms with Crippen LogP contribution >= 0.6 is 0 Å². The SMILES string of the molecule is COC(=O)[C@@H]1CCC=[N+]1C(=O)OC(C)(C)C. The smallest absolute Gasteiger partial charge is 0.464 e. The second kappa shape index (κ2) is 4.63. The number of nitrogens with zero attached hydrogens (tertiary/aromatic N) is 1. The lowest BCUT2D eigenvalue weighted by molar-refractivity contribution is -0.468. The zero-order chi connectivity index (χ0) is 12.3. The molecule has 1 aliphatic heterocycles. The zero-order valence-corrected chi connectivity index (χ0v) is 10.1. The summed E-state index contributed by atoms with van der Waals surface area (Å²) in [6, 6.07) is -0.542. The number of hydrogen-bond donors (Lipinski definition) is 0. The predicted octanol–water partition coefficient (Wildman–Crippen LogP) is 1.34. The molecule has 1 heterocycles. The second-order valence-electron chi connectivity index (χ2n) is 4.69. The Morgan fingerprint density at radius 2 is 2.00 bits per heavy atom. The highest BCUT2D eigenvalue weighted by atomic mass is 16.6. The van der Waals surface area contributed by atoms with E-state index in [9.17, 15) is 9.59 Å². The van der Waals surface area contributed by atoms with Crippen LogP contribution < -0.4 is 0 Å². The average Bonchev–Trinajstić information content (AvgIpc) is 2.62. The fourth-order valence-electron chi connectivity index (χ4n) is 1.52. The van der Waals surface area contributed by atoms with Gasteiger partial charge in [-0.25, -0.2) is 4.79 Å². The summed E-state index contributed by atoms with van der Waals surface area (Å²) >= 11 is 0. The van der Waals surface area contributed by atoms with Crippen molar-refractivity contribution in [2.24, 2.45) is 0 Å². The van der Waals surface area contributed by atoms with Gasteiger partial charge < -0.3 is 9.47 Å². The molecule has 1 amide bonds. The van der Waals surface area contributed by atoms with Gasteiger partial charge in [0.1, 0.15) is 5.60 Å². The second-order valence-corrected chi connectivity index (χ2v) is 4.69. The number of rotatable bonds is 1. The maximum atomic E-state index is 11.8. The molecule has 0 aromatic carbocycles. The van der Waals surface area contributed by atoms with Gasteiger partial charge in [0.2, 0.25) is 0 Å². The molecule has 0 spiro atoms. The quantitative estimate of drug-likeness (QED) is 0.502. The van der Waals surface area contributed by atoms with Gasteiger partial charge in [-0.15, -0.1) is 4.58 Å². The number of methoxy groups -OCH3 is 1. The molecule has 0 unspecified atom stereocenters. The Morgan fingerprint density at radius 1 is 1.38 bits per heavy atom. The molecule has 1 atom stereocenters. The van der Waals surface area contributed by atoms with E-state index in [0.29, 0.717) is 12.8 Å². The highest BCUT2D eigenvalue weighted by Crippen LogP contribution is 2.15. The lowest BCUT2D eigenvalue weighted by atomic mass is 10.2. The van der Waals surface area contributed by atoms with Crippen LogP contribution in [0.1, 0.15) is 33.6 Å². The summed E-state index contributed by atoms with van der Waals surface area (Å²) in [5, 5.41) is 0. The molecule has 0 saturated carbocycles. The van der Waals surface area contributed by atoms with E-state index in [1.54, 1.807) is 27.0 Å². The first-order valence-corrected chi connectivity index (χ1v) is 5.27. The van der Waals surface area contributed by atoms with Crippen LogP contribution in [0.4, 0.5) is 4.79 Å². The third-order valence-corrected chi connectivity index (χ3v) is 2.18. The van der Waals surface area contributed by atoms with Crippen molar-refractivity contribution in [2.45, 2.75) is 45.3 Å². The molecule has 0 radical (unpaired) electrons. The summed E-state index contributed by atoms with van der Waals surface area (Å²) < 4.78 is 11.1. The van der Waals surface area contributed by atoms with Gasteiger partial charge in [-0.1, -0.05) is 0 Å². The minimum atomic E-state index is -0.561. The number of esters is 1. The first kappa shape index (κ1) is 12.7. The van der Waals surface area contributed by atoms with Crippen molar-refractivity contribution in [1.82, 2.24) is 0 Å². The Morgan fingerprint density at radius 3 is 2.50 bits per heavy atom. The minimum Gasteiger partial charge on any atom is -0.464 e. The monoisotopic (exact) mass is 228 g/mol. The largest absolute Gasteiger partial charge is 0.597 e. The van der Waals surface area contributed by atoms with Crippen molar-refractivity contribution in [3.63, 3.8) is 0 Å². The Bertz CT molecular complexity index is 327. The molecular weight excluding hydrogens is 210 g/mol. The highest BCUT2D eigenvalue weighted by Gasteiger charge is 2.41. The summed E-state index contributed by atoms with van der Waals surface area (Å²) in [4.78, 5) is 23.2. The van der Waals surface area contributed by atoms with Crippen molar-refractivity contribution in [3.05, 3.63) is 0 Å². The minimum absolute atomic E-state index is 0.403. The third-order valence-electron chi connectivity index (χ3n) is 2.18. The maximum absolute atomic E-state index is 11.8. The Hall–Kier alpha value is -1.39. The highest BCUT2D eigenvalue weighted by molar-refractivity contribution is 5.80. The van der Waals surface area contributed by atoms with Gasteiger partial charge in [0.25, 0.3) is 6.04 Å². The van der Waals surface area contributed by atoms with Crippen LogP contribution in [0.25, 0.3) is 0 Å². The van der Waals surface area contributed by atoms with Crippen LogP contribution in [0.5, 0.6) is 0 Å². The summed E-state index contributed by atoms with van der Waals surface area (Å²) in [6.07, 6.45) is 2.45. The first-order chi connectivity index (χ1) is 7.35. The van der Waals surface area contributed by atoms with Crippen LogP contribution in [0.15, 0.2) is 0 Å². The number of carbonyl (C=O) groups excluding carboxylic acids is 2. The molecule has 0 bridgehead atoms. The van der Waals surface area contributed by atoms with E-state index in [-0.39, 0.29) is 0 Å². The summed E-state index contributed by atoms with van der Waals surface area (Å²) in [5.41, 5.74) is -0.561. The number of hydrogen-bond acceptors (Lipinski definition) is 4. The van der Waals surface area contributed by atoms with Crippen molar-refractivity contribution < 1.29 is 23.6 Å². The van der Waals surface area contributed by atoms with Crippen LogP contribution in [-0.4, -0.2) is 41.6 Å². The topological polar surface area (TPSA) is 55.6 Å². The molecule has 90 valence electrons. The lowest BCUT2D eigenvalue weighted by Crippen LogP contribution is -2.39. The van der Waals surface area contributed by atoms with Gasteiger partial charge in [0.15, 0.2) is 6.21 Å². The maximum Gasteiger partial charge on any atom is 0.597 e. The Labute approximate surface area is 95.0 Å². The fourth-order valence-corrected chi connectivity index (χ4v) is 1.52. The molecule has 0 N–H and O–H groups in total. The summed E-state index contributed by atoms with van der Waals surface area (Å²) in [7, 11) is 1.31. The van der Waals surface area contributed by atoms with Crippen LogP contribution in [0, 0.1) is 0 Å². The fraction of sp³-hybridized carbons (Fsp3) is 0.727. The van der Waals surface area contributed by atoms with Crippen LogP contribution in [-0.2, 0) is 14.3 Å². The van der Waals surface area contributed by atoms with Gasteiger partial charge >= 0.3 is 12.1 Å². The molecule has 0 fully saturated rings. The van der Waals surface area contributed by atoms with E-state index in [1.165, 1.54) is 11.7 Å². The number of amides is 1. The molecule has 0 aromatic rings. The Balaban J connectivity index is 2.72. The van der Waals surface area contributed by atoms with E-state index in [1.807, 2.05) is 0 Å². The van der Waals surface area contributed by atoms with E-state index in [4.69, 9.17) is 4.74 Å². The van der Waals surface area contributed by atoms with E-state index >= 15 is 0 Å². The summed E-state index contributed by atoms with van der Waals surface area (Å²) in [6.45, 7) is 5.36. The van der Waals surface area contributed by atoms with E-state index in [2.05, 4.69) is 4.74 Å². The van der Waals surface area contributed by atoms with Gasteiger partial charge in [-0.3, -0.25) is 0 Å². The first-order valence-electron chi connectivity index (χ1n) is 5.27. The van der Waals surface area contributed by atoms with Crippen molar-refractivity contribution >= 4 is 18.3 Å². The molecule has 0 aromatic heterocycles. The molecule has 0 aliphatic carbocycles.